The van der Waals surface area contributed by atoms with Crippen molar-refractivity contribution in [1.29, 1.82) is 0 Å². The van der Waals surface area contributed by atoms with Crippen LogP contribution in [0.1, 0.15) is 72.6 Å². The monoisotopic (exact) mass is 418 g/mol. The molecule has 2 saturated carbocycles. The Hall–Kier alpha value is -0.423. The van der Waals surface area contributed by atoms with Gasteiger partial charge < -0.3 is 13.9 Å². The summed E-state index contributed by atoms with van der Waals surface area (Å²) in [7, 11) is -1.74. The average Bonchev–Trinajstić information content (AvgIpc) is 3.36. The van der Waals surface area contributed by atoms with Crippen LogP contribution in [0.5, 0.6) is 0 Å². The van der Waals surface area contributed by atoms with Gasteiger partial charge in [0.1, 0.15) is 0 Å². The molecule has 1 spiro atoms. The molecular weight excluding hydrogens is 376 g/mol. The van der Waals surface area contributed by atoms with Crippen LogP contribution in [0.3, 0.4) is 0 Å². The van der Waals surface area contributed by atoms with E-state index in [1.165, 1.54) is 36.5 Å². The summed E-state index contributed by atoms with van der Waals surface area (Å²) in [5, 5.41) is 0. The number of allylic oxidation sites excluding steroid dienone is 2. The molecule has 0 unspecified atom stereocenters. The van der Waals surface area contributed by atoms with Crippen LogP contribution in [0.4, 0.5) is 0 Å². The van der Waals surface area contributed by atoms with Gasteiger partial charge in [-0.25, -0.2) is 0 Å². The summed E-state index contributed by atoms with van der Waals surface area (Å²) in [5.74, 6) is 1.21. The Morgan fingerprint density at radius 1 is 1.07 bits per heavy atom. The Labute approximate surface area is 179 Å². The van der Waals surface area contributed by atoms with Crippen molar-refractivity contribution in [3.05, 3.63) is 23.8 Å². The zero-order chi connectivity index (χ0) is 20.7. The van der Waals surface area contributed by atoms with Crippen molar-refractivity contribution in [3.8, 4) is 0 Å². The summed E-state index contributed by atoms with van der Waals surface area (Å²) < 4.78 is 19.8. The number of hydrogen-bond donors (Lipinski definition) is 0. The van der Waals surface area contributed by atoms with Crippen molar-refractivity contribution in [2.45, 2.75) is 102 Å². The predicted octanol–water partition coefficient (Wildman–Crippen LogP) is 6.61. The lowest BCUT2D eigenvalue weighted by atomic mass is 9.63. The van der Waals surface area contributed by atoms with Crippen molar-refractivity contribution in [3.63, 3.8) is 0 Å². The molecule has 1 aliphatic heterocycles. The van der Waals surface area contributed by atoms with Gasteiger partial charge in [-0.15, -0.1) is 0 Å². The maximum Gasteiger partial charge on any atom is 0.193 e. The minimum atomic E-state index is -1.74. The first-order valence-corrected chi connectivity index (χ1v) is 14.8. The van der Waals surface area contributed by atoms with Crippen LogP contribution < -0.4 is 0 Å². The van der Waals surface area contributed by atoms with E-state index in [9.17, 15) is 0 Å². The third-order valence-electron chi connectivity index (χ3n) is 9.06. The summed E-state index contributed by atoms with van der Waals surface area (Å²) in [6.07, 6.45) is 10.5. The van der Waals surface area contributed by atoms with Gasteiger partial charge in [0.15, 0.2) is 14.1 Å². The van der Waals surface area contributed by atoms with Crippen LogP contribution in [-0.4, -0.2) is 32.9 Å². The van der Waals surface area contributed by atoms with Crippen molar-refractivity contribution in [1.82, 2.24) is 0 Å². The first-order chi connectivity index (χ1) is 13.9. The lowest BCUT2D eigenvalue weighted by molar-refractivity contribution is -0.191. The van der Waals surface area contributed by atoms with E-state index in [2.05, 4.69) is 33.8 Å². The van der Waals surface area contributed by atoms with Gasteiger partial charge in [0.25, 0.3) is 0 Å². The molecule has 4 heteroatoms. The standard InChI is InChI=1S/C25H42O3Si/c1-6-29(7-2,8-3)28-25-14-9-10-21(25)12-11-19(4)22-13-15-24(26-16-17-27-24)18-23(22)20(25)5/h11,21-23H,5-10,12-18H2,1-4H3/b19-11-/t21-,22+,23+,25+/m1/s1. The third kappa shape index (κ3) is 3.62. The first-order valence-electron chi connectivity index (χ1n) is 12.3. The van der Waals surface area contributed by atoms with Gasteiger partial charge in [-0.2, -0.15) is 0 Å². The fourth-order valence-electron chi connectivity index (χ4n) is 6.95. The Morgan fingerprint density at radius 2 is 1.76 bits per heavy atom. The molecule has 0 aromatic rings. The Kier molecular flexibility index (Phi) is 6.20. The van der Waals surface area contributed by atoms with Crippen molar-refractivity contribution < 1.29 is 13.9 Å². The van der Waals surface area contributed by atoms with E-state index < -0.39 is 8.32 Å². The van der Waals surface area contributed by atoms with Crippen LogP contribution in [-0.2, 0) is 13.9 Å². The van der Waals surface area contributed by atoms with Crippen LogP contribution in [0.2, 0.25) is 18.1 Å². The molecule has 1 saturated heterocycles. The molecule has 4 aliphatic rings. The van der Waals surface area contributed by atoms with Crippen molar-refractivity contribution in [2.75, 3.05) is 13.2 Å². The lowest BCUT2D eigenvalue weighted by Gasteiger charge is -2.52. The molecule has 164 valence electrons. The molecule has 0 aromatic carbocycles. The molecule has 0 N–H and O–H groups in total. The largest absolute Gasteiger partial charge is 0.407 e. The van der Waals surface area contributed by atoms with Crippen molar-refractivity contribution in [2.24, 2.45) is 17.8 Å². The molecular formula is C25H42O3Si. The van der Waals surface area contributed by atoms with E-state index in [4.69, 9.17) is 20.5 Å². The molecule has 3 fully saturated rings. The predicted molar refractivity (Wildman–Crippen MR) is 121 cm³/mol. The van der Waals surface area contributed by atoms with E-state index in [-0.39, 0.29) is 11.4 Å². The molecule has 0 bridgehead atoms. The highest BCUT2D eigenvalue weighted by molar-refractivity contribution is 6.73. The van der Waals surface area contributed by atoms with Gasteiger partial charge in [0.05, 0.1) is 18.8 Å². The molecule has 0 aromatic heterocycles. The minimum Gasteiger partial charge on any atom is -0.407 e. The van der Waals surface area contributed by atoms with Gasteiger partial charge in [-0.3, -0.25) is 0 Å². The second kappa shape index (κ2) is 8.25. The first kappa shape index (κ1) is 21.8. The summed E-state index contributed by atoms with van der Waals surface area (Å²) in [6, 6.07) is 3.63. The highest BCUT2D eigenvalue weighted by Crippen LogP contribution is 2.57. The summed E-state index contributed by atoms with van der Waals surface area (Å²) in [5.41, 5.74) is 2.84. The van der Waals surface area contributed by atoms with E-state index in [1.54, 1.807) is 5.57 Å². The quantitative estimate of drug-likeness (QED) is 0.371. The highest BCUT2D eigenvalue weighted by Gasteiger charge is 2.56. The van der Waals surface area contributed by atoms with Gasteiger partial charge in [0.2, 0.25) is 0 Å². The number of ether oxygens (including phenoxy) is 2. The SMILES string of the molecule is C=C1[C@@H]2CC3(CC[C@H]2/C(C)=C\C[C@H]2CCC[C@]12O[Si](CC)(CC)CC)OCCO3. The maximum atomic E-state index is 7.45. The Bertz CT molecular complexity index is 638. The topological polar surface area (TPSA) is 27.7 Å². The van der Waals surface area contributed by atoms with E-state index in [0.717, 1.165) is 45.3 Å². The molecule has 29 heavy (non-hydrogen) atoms. The zero-order valence-corrected chi connectivity index (χ0v) is 20.2. The van der Waals surface area contributed by atoms with Crippen molar-refractivity contribution >= 4 is 8.32 Å². The number of hydrogen-bond acceptors (Lipinski definition) is 3. The average molecular weight is 419 g/mol. The fraction of sp³-hybridized carbons (Fsp3) is 0.840. The van der Waals surface area contributed by atoms with Crippen LogP contribution in [0.25, 0.3) is 0 Å². The Morgan fingerprint density at radius 3 is 2.41 bits per heavy atom. The van der Waals surface area contributed by atoms with Crippen LogP contribution in [0.15, 0.2) is 23.8 Å². The molecule has 0 amide bonds. The molecule has 3 aliphatic carbocycles. The minimum absolute atomic E-state index is 0.120. The second-order valence-electron chi connectivity index (χ2n) is 10.1. The third-order valence-corrected chi connectivity index (χ3v) is 13.7. The maximum absolute atomic E-state index is 7.45. The molecule has 1 heterocycles. The van der Waals surface area contributed by atoms with E-state index in [1.807, 2.05) is 0 Å². The fourth-order valence-corrected chi connectivity index (χ4v) is 10.1. The summed E-state index contributed by atoms with van der Waals surface area (Å²) in [6.45, 7) is 15.7. The molecule has 4 rings (SSSR count). The highest BCUT2D eigenvalue weighted by atomic mass is 28.4. The second-order valence-corrected chi connectivity index (χ2v) is 14.8. The number of rotatable bonds is 5. The molecule has 4 atom stereocenters. The lowest BCUT2D eigenvalue weighted by Crippen LogP contribution is -2.54. The van der Waals surface area contributed by atoms with Gasteiger partial charge >= 0.3 is 0 Å². The Balaban J connectivity index is 1.73. The summed E-state index contributed by atoms with van der Waals surface area (Å²) >= 11 is 0. The zero-order valence-electron chi connectivity index (χ0n) is 19.2. The molecule has 3 nitrogen and oxygen atoms in total. The summed E-state index contributed by atoms with van der Waals surface area (Å²) in [4.78, 5) is 0. The number of fused-ring (bicyclic) bond motifs is 2. The van der Waals surface area contributed by atoms with Gasteiger partial charge in [0, 0.05) is 12.8 Å². The van der Waals surface area contributed by atoms with Gasteiger partial charge in [-0.1, -0.05) is 39.0 Å². The van der Waals surface area contributed by atoms with E-state index in [0.29, 0.717) is 17.8 Å². The van der Waals surface area contributed by atoms with Gasteiger partial charge in [-0.05, 0) is 80.5 Å². The molecule has 0 radical (unpaired) electrons. The van der Waals surface area contributed by atoms with Crippen LogP contribution in [0, 0.1) is 17.8 Å². The van der Waals surface area contributed by atoms with E-state index >= 15 is 0 Å². The smallest absolute Gasteiger partial charge is 0.193 e. The normalized spacial score (nSPS) is 38.8. The van der Waals surface area contributed by atoms with Crippen LogP contribution >= 0.6 is 0 Å².